The summed E-state index contributed by atoms with van der Waals surface area (Å²) in [4.78, 5) is 0. The van der Waals surface area contributed by atoms with Crippen molar-refractivity contribution in [2.75, 3.05) is 0 Å². The molecule has 1 aliphatic rings. The largest absolute Gasteiger partial charge is 0.0622 e. The first kappa shape index (κ1) is 31.7. The molecule has 10 aromatic rings. The molecule has 1 aliphatic carbocycles. The van der Waals surface area contributed by atoms with E-state index in [4.69, 9.17) is 0 Å². The molecule has 0 bridgehead atoms. The molecular formula is C55H38. The maximum atomic E-state index is 2.44. The molecule has 0 aromatic heterocycles. The van der Waals surface area contributed by atoms with Crippen LogP contribution in [0.25, 0.3) is 98.7 Å². The van der Waals surface area contributed by atoms with Crippen LogP contribution >= 0.6 is 0 Å². The van der Waals surface area contributed by atoms with E-state index < -0.39 is 0 Å². The Bertz CT molecular complexity index is 3160. The predicted molar refractivity (Wildman–Crippen MR) is 236 cm³/mol. The summed E-state index contributed by atoms with van der Waals surface area (Å²) in [6.45, 7) is 4.76. The van der Waals surface area contributed by atoms with Gasteiger partial charge in [0.1, 0.15) is 0 Å². The van der Waals surface area contributed by atoms with E-state index in [0.717, 1.165) is 0 Å². The first-order valence-corrected chi connectivity index (χ1v) is 19.3. The van der Waals surface area contributed by atoms with Gasteiger partial charge in [0, 0.05) is 5.41 Å². The Labute approximate surface area is 322 Å². The molecule has 0 unspecified atom stereocenters. The lowest BCUT2D eigenvalue weighted by Crippen LogP contribution is -2.15. The van der Waals surface area contributed by atoms with Crippen molar-refractivity contribution < 1.29 is 0 Å². The molecule has 0 heteroatoms. The minimum Gasteiger partial charge on any atom is -0.0622 e. The standard InChI is InChI=1S/C55H38/c1-55(2)53-33-42(40-17-16-35-10-6-7-13-37(35)28-40)21-26-49(53)50-27-22-43(34-54(50)55)41-20-24-47-44(29-41)18-19-45-30-46(23-25-48(45)47)52-32-39-15-9-8-14-38(39)31-51(52)36-11-4-3-5-12-36/h3-34H,1-2H3. The Balaban J connectivity index is 0.947. The lowest BCUT2D eigenvalue weighted by molar-refractivity contribution is 0.661. The van der Waals surface area contributed by atoms with Crippen LogP contribution in [0.5, 0.6) is 0 Å². The fourth-order valence-electron chi connectivity index (χ4n) is 9.22. The maximum absolute atomic E-state index is 2.44. The molecule has 0 saturated carbocycles. The minimum absolute atomic E-state index is 0.107. The van der Waals surface area contributed by atoms with E-state index in [1.165, 1.54) is 110 Å². The van der Waals surface area contributed by atoms with Gasteiger partial charge in [-0.3, -0.25) is 0 Å². The zero-order chi connectivity index (χ0) is 36.7. The molecule has 55 heavy (non-hydrogen) atoms. The predicted octanol–water partition coefficient (Wildman–Crippen LogP) is 15.3. The monoisotopic (exact) mass is 698 g/mol. The highest BCUT2D eigenvalue weighted by atomic mass is 14.4. The highest BCUT2D eigenvalue weighted by molar-refractivity contribution is 6.10. The van der Waals surface area contributed by atoms with E-state index in [-0.39, 0.29) is 5.41 Å². The van der Waals surface area contributed by atoms with Gasteiger partial charge in [-0.1, -0.05) is 166 Å². The Hall–Kier alpha value is -6.76. The third kappa shape index (κ3) is 5.13. The second-order valence-electron chi connectivity index (χ2n) is 15.8. The van der Waals surface area contributed by atoms with E-state index >= 15 is 0 Å². The SMILES string of the molecule is CC1(C)c2cc(-c3ccc4ccccc4c3)ccc2-c2ccc(-c3ccc4c(ccc5cc(-c6cc7ccccc7cc6-c6ccccc6)ccc54)c3)cc21. The van der Waals surface area contributed by atoms with Crippen LogP contribution in [-0.4, -0.2) is 0 Å². The van der Waals surface area contributed by atoms with Gasteiger partial charge >= 0.3 is 0 Å². The number of rotatable bonds is 4. The van der Waals surface area contributed by atoms with Crippen LogP contribution in [0.3, 0.4) is 0 Å². The first-order valence-electron chi connectivity index (χ1n) is 19.3. The molecule has 10 aromatic carbocycles. The molecule has 0 heterocycles. The van der Waals surface area contributed by atoms with Crippen molar-refractivity contribution in [1.29, 1.82) is 0 Å². The molecule has 0 saturated heterocycles. The van der Waals surface area contributed by atoms with E-state index in [1.807, 2.05) is 0 Å². The Kier molecular flexibility index (Phi) is 7.00. The summed E-state index contributed by atoms with van der Waals surface area (Å²) in [7, 11) is 0. The molecule has 0 amide bonds. The van der Waals surface area contributed by atoms with Crippen LogP contribution in [0.4, 0.5) is 0 Å². The molecule has 0 N–H and O–H groups in total. The lowest BCUT2D eigenvalue weighted by atomic mass is 9.80. The van der Waals surface area contributed by atoms with Gasteiger partial charge in [0.25, 0.3) is 0 Å². The lowest BCUT2D eigenvalue weighted by Gasteiger charge is -2.23. The van der Waals surface area contributed by atoms with Crippen LogP contribution in [0.2, 0.25) is 0 Å². The topological polar surface area (TPSA) is 0 Å². The van der Waals surface area contributed by atoms with Crippen molar-refractivity contribution in [2.45, 2.75) is 19.3 Å². The van der Waals surface area contributed by atoms with Gasteiger partial charge in [-0.2, -0.15) is 0 Å². The van der Waals surface area contributed by atoms with Crippen LogP contribution in [-0.2, 0) is 5.41 Å². The molecule has 0 fully saturated rings. The van der Waals surface area contributed by atoms with Crippen molar-refractivity contribution in [2.24, 2.45) is 0 Å². The van der Waals surface area contributed by atoms with Crippen molar-refractivity contribution >= 4 is 43.1 Å². The summed E-state index contributed by atoms with van der Waals surface area (Å²) in [5.41, 5.74) is 15.4. The fraction of sp³-hybridized carbons (Fsp3) is 0.0545. The second kappa shape index (κ2) is 12.1. The normalized spacial score (nSPS) is 13.1. The second-order valence-corrected chi connectivity index (χ2v) is 15.8. The van der Waals surface area contributed by atoms with E-state index in [9.17, 15) is 0 Å². The van der Waals surface area contributed by atoms with Gasteiger partial charge in [0.05, 0.1) is 0 Å². The molecule has 0 radical (unpaired) electrons. The average molecular weight is 699 g/mol. The molecule has 0 spiro atoms. The Morgan fingerprint density at radius 1 is 0.255 bits per heavy atom. The van der Waals surface area contributed by atoms with Gasteiger partial charge in [-0.05, 0) is 152 Å². The summed E-state index contributed by atoms with van der Waals surface area (Å²) >= 11 is 0. The molecule has 11 rings (SSSR count). The van der Waals surface area contributed by atoms with Gasteiger partial charge in [0.2, 0.25) is 0 Å². The van der Waals surface area contributed by atoms with E-state index in [2.05, 4.69) is 208 Å². The third-order valence-electron chi connectivity index (χ3n) is 12.2. The van der Waals surface area contributed by atoms with Gasteiger partial charge in [0.15, 0.2) is 0 Å². The third-order valence-corrected chi connectivity index (χ3v) is 12.2. The van der Waals surface area contributed by atoms with Crippen LogP contribution in [0, 0.1) is 0 Å². The van der Waals surface area contributed by atoms with Gasteiger partial charge in [-0.25, -0.2) is 0 Å². The molecule has 0 aliphatic heterocycles. The van der Waals surface area contributed by atoms with Crippen LogP contribution in [0.1, 0.15) is 25.0 Å². The van der Waals surface area contributed by atoms with Crippen LogP contribution < -0.4 is 0 Å². The Morgan fingerprint density at radius 2 is 0.655 bits per heavy atom. The average Bonchev–Trinajstić information content (AvgIpc) is 3.47. The summed E-state index contributed by atoms with van der Waals surface area (Å²) in [6, 6.07) is 72.3. The molecular weight excluding hydrogens is 661 g/mol. The maximum Gasteiger partial charge on any atom is 0.0159 e. The number of fused-ring (bicyclic) bond motifs is 8. The van der Waals surface area contributed by atoms with Crippen molar-refractivity contribution in [1.82, 2.24) is 0 Å². The summed E-state index contributed by atoms with van der Waals surface area (Å²) in [5, 5.41) is 10.1. The first-order chi connectivity index (χ1) is 27.0. The summed E-state index contributed by atoms with van der Waals surface area (Å²) in [5.74, 6) is 0. The molecule has 258 valence electrons. The van der Waals surface area contributed by atoms with Crippen molar-refractivity contribution in [3.8, 4) is 55.6 Å². The smallest absolute Gasteiger partial charge is 0.0159 e. The molecule has 0 atom stereocenters. The zero-order valence-corrected chi connectivity index (χ0v) is 31.0. The number of hydrogen-bond donors (Lipinski definition) is 0. The quantitative estimate of drug-likeness (QED) is 0.161. The fourth-order valence-corrected chi connectivity index (χ4v) is 9.22. The summed E-state index contributed by atoms with van der Waals surface area (Å²) in [6.07, 6.45) is 0. The number of hydrogen-bond acceptors (Lipinski definition) is 0. The number of benzene rings is 10. The van der Waals surface area contributed by atoms with Gasteiger partial charge in [-0.15, -0.1) is 0 Å². The highest BCUT2D eigenvalue weighted by Gasteiger charge is 2.36. The Morgan fingerprint density at radius 3 is 1.25 bits per heavy atom. The van der Waals surface area contributed by atoms with E-state index in [1.54, 1.807) is 0 Å². The minimum atomic E-state index is -0.107. The molecule has 0 nitrogen and oxygen atoms in total. The zero-order valence-electron chi connectivity index (χ0n) is 31.0. The van der Waals surface area contributed by atoms with Crippen LogP contribution in [0.15, 0.2) is 194 Å². The van der Waals surface area contributed by atoms with Crippen molar-refractivity contribution in [3.05, 3.63) is 205 Å². The summed E-state index contributed by atoms with van der Waals surface area (Å²) < 4.78 is 0. The van der Waals surface area contributed by atoms with Gasteiger partial charge < -0.3 is 0 Å². The van der Waals surface area contributed by atoms with Crippen molar-refractivity contribution in [3.63, 3.8) is 0 Å². The highest BCUT2D eigenvalue weighted by Crippen LogP contribution is 2.51. The van der Waals surface area contributed by atoms with E-state index in [0.29, 0.717) is 0 Å².